The first-order valence-corrected chi connectivity index (χ1v) is 6.13. The molecule has 0 spiro atoms. The molecule has 21 heavy (non-hydrogen) atoms. The number of imidazole rings is 1. The highest BCUT2D eigenvalue weighted by molar-refractivity contribution is 5.88. The Morgan fingerprint density at radius 1 is 1.38 bits per heavy atom. The number of ether oxygens (including phenoxy) is 1. The second-order valence-electron chi connectivity index (χ2n) is 4.13. The number of carbonyl (C=O) groups excluding carboxylic acids is 1. The number of esters is 1. The van der Waals surface area contributed by atoms with Crippen molar-refractivity contribution in [2.75, 3.05) is 6.61 Å². The molecule has 0 saturated carbocycles. The van der Waals surface area contributed by atoms with E-state index in [2.05, 4.69) is 15.1 Å². The summed E-state index contributed by atoms with van der Waals surface area (Å²) in [7, 11) is 0. The number of carbonyl (C=O) groups is 1. The predicted octanol–water partition coefficient (Wildman–Crippen LogP) is 1.64. The van der Waals surface area contributed by atoms with Crippen molar-refractivity contribution in [3.8, 4) is 5.95 Å². The third-order valence-corrected chi connectivity index (χ3v) is 2.86. The average Bonchev–Trinajstić information content (AvgIpc) is 3.01. The third-order valence-electron chi connectivity index (χ3n) is 2.86. The maximum absolute atomic E-state index is 12.1. The zero-order valence-corrected chi connectivity index (χ0v) is 11.9. The van der Waals surface area contributed by atoms with Crippen LogP contribution >= 0.6 is 12.4 Å². The van der Waals surface area contributed by atoms with Crippen molar-refractivity contribution in [3.63, 3.8) is 0 Å². The topological polar surface area (TPSA) is 92.8 Å². The number of hydrogen-bond acceptors (Lipinski definition) is 4. The highest BCUT2D eigenvalue weighted by atomic mass is 35.5. The van der Waals surface area contributed by atoms with Gasteiger partial charge >= 0.3 is 5.97 Å². The van der Waals surface area contributed by atoms with Crippen molar-refractivity contribution in [3.05, 3.63) is 46.4 Å². The van der Waals surface area contributed by atoms with E-state index >= 15 is 0 Å². The van der Waals surface area contributed by atoms with Crippen LogP contribution in [0.2, 0.25) is 0 Å². The number of H-pyrrole nitrogens is 2. The Bertz CT molecular complexity index is 800. The maximum Gasteiger partial charge on any atom is 0.345 e. The minimum absolute atomic E-state index is 0. The zero-order valence-electron chi connectivity index (χ0n) is 11.1. The number of para-hydroxylation sites is 2. The van der Waals surface area contributed by atoms with Crippen molar-refractivity contribution < 1.29 is 9.53 Å². The van der Waals surface area contributed by atoms with E-state index in [9.17, 15) is 9.59 Å². The van der Waals surface area contributed by atoms with E-state index in [0.29, 0.717) is 5.95 Å². The first-order chi connectivity index (χ1) is 9.70. The van der Waals surface area contributed by atoms with Gasteiger partial charge in [0.2, 0.25) is 5.95 Å². The second kappa shape index (κ2) is 5.84. The van der Waals surface area contributed by atoms with Crippen molar-refractivity contribution in [1.82, 2.24) is 19.7 Å². The lowest BCUT2D eigenvalue weighted by Gasteiger charge is -1.96. The molecule has 8 heteroatoms. The molecule has 2 heterocycles. The molecule has 0 saturated heterocycles. The molecule has 7 nitrogen and oxygen atoms in total. The first-order valence-electron chi connectivity index (χ1n) is 6.13. The number of nitrogens with zero attached hydrogens (tertiary/aromatic N) is 2. The Kier molecular flexibility index (Phi) is 4.13. The smallest absolute Gasteiger partial charge is 0.345 e. The Morgan fingerprint density at radius 3 is 2.86 bits per heavy atom. The first kappa shape index (κ1) is 14.9. The van der Waals surface area contributed by atoms with Gasteiger partial charge in [-0.1, -0.05) is 12.1 Å². The number of hydrogen-bond donors (Lipinski definition) is 2. The van der Waals surface area contributed by atoms with Gasteiger partial charge in [0.15, 0.2) is 0 Å². The molecule has 0 atom stereocenters. The lowest BCUT2D eigenvalue weighted by atomic mass is 10.3. The number of halogens is 1. The molecule has 3 aromatic rings. The summed E-state index contributed by atoms with van der Waals surface area (Å²) in [6.07, 6.45) is 1.31. The van der Waals surface area contributed by atoms with Gasteiger partial charge in [-0.25, -0.2) is 9.78 Å². The summed E-state index contributed by atoms with van der Waals surface area (Å²) in [6, 6.07) is 7.40. The van der Waals surface area contributed by atoms with E-state index in [1.165, 1.54) is 10.9 Å². The number of rotatable bonds is 3. The van der Waals surface area contributed by atoms with Gasteiger partial charge in [-0.3, -0.25) is 9.89 Å². The molecule has 0 aliphatic carbocycles. The Hall–Kier alpha value is -2.54. The van der Waals surface area contributed by atoms with E-state index in [1.807, 2.05) is 24.3 Å². The van der Waals surface area contributed by atoms with E-state index in [4.69, 9.17) is 4.74 Å². The Labute approximate surface area is 125 Å². The van der Waals surface area contributed by atoms with Crippen LogP contribution < -0.4 is 5.56 Å². The van der Waals surface area contributed by atoms with Crippen LogP contribution in [0.4, 0.5) is 0 Å². The van der Waals surface area contributed by atoms with E-state index in [0.717, 1.165) is 11.0 Å². The fourth-order valence-electron chi connectivity index (χ4n) is 1.93. The van der Waals surface area contributed by atoms with E-state index in [1.54, 1.807) is 6.92 Å². The average molecular weight is 309 g/mol. The molecule has 0 amide bonds. The van der Waals surface area contributed by atoms with Gasteiger partial charge in [0, 0.05) is 6.20 Å². The molecule has 0 aliphatic heterocycles. The number of nitrogens with one attached hydrogen (secondary N) is 2. The summed E-state index contributed by atoms with van der Waals surface area (Å²) >= 11 is 0. The highest BCUT2D eigenvalue weighted by Gasteiger charge is 2.17. The van der Waals surface area contributed by atoms with Crippen LogP contribution in [0.3, 0.4) is 0 Å². The van der Waals surface area contributed by atoms with Crippen molar-refractivity contribution in [2.45, 2.75) is 6.92 Å². The summed E-state index contributed by atoms with van der Waals surface area (Å²) in [5.41, 5.74) is 0.998. The van der Waals surface area contributed by atoms with E-state index < -0.39 is 11.5 Å². The second-order valence-corrected chi connectivity index (χ2v) is 4.13. The number of aromatic nitrogens is 4. The van der Waals surface area contributed by atoms with Gasteiger partial charge < -0.3 is 9.72 Å². The van der Waals surface area contributed by atoms with Crippen LogP contribution in [0.1, 0.15) is 17.3 Å². The van der Waals surface area contributed by atoms with Crippen molar-refractivity contribution in [2.24, 2.45) is 0 Å². The Balaban J connectivity index is 0.00000161. The van der Waals surface area contributed by atoms with Gasteiger partial charge in [0.1, 0.15) is 5.56 Å². The molecule has 3 rings (SSSR count). The third kappa shape index (κ3) is 2.55. The molecule has 2 N–H and O–H groups in total. The van der Waals surface area contributed by atoms with E-state index in [-0.39, 0.29) is 24.6 Å². The molecule has 0 unspecified atom stereocenters. The molecule has 0 fully saturated rings. The molecular formula is C13H13ClN4O3. The van der Waals surface area contributed by atoms with Crippen LogP contribution in [0.15, 0.2) is 35.3 Å². The molecule has 0 aliphatic rings. The van der Waals surface area contributed by atoms with Crippen LogP contribution in [0, 0.1) is 0 Å². The van der Waals surface area contributed by atoms with Crippen molar-refractivity contribution >= 4 is 29.4 Å². The predicted molar refractivity (Wildman–Crippen MR) is 79.2 cm³/mol. The fraction of sp³-hybridized carbons (Fsp3) is 0.154. The summed E-state index contributed by atoms with van der Waals surface area (Å²) in [5, 5.41) is 2.70. The number of benzene rings is 1. The lowest BCUT2D eigenvalue weighted by Crippen LogP contribution is -2.22. The number of fused-ring (bicyclic) bond motifs is 1. The molecular weight excluding hydrogens is 296 g/mol. The van der Waals surface area contributed by atoms with Crippen LogP contribution in [-0.2, 0) is 4.74 Å². The standard InChI is InChI=1S/C13H12N4O3.ClH/c1-2-20-12(19)8-7-14-17(11(8)18)13-15-9-5-3-4-6-10(9)16-13;/h3-7,14H,2H2,1H3,(H,15,16);1H. The molecule has 110 valence electrons. The lowest BCUT2D eigenvalue weighted by molar-refractivity contribution is 0.0525. The summed E-state index contributed by atoms with van der Waals surface area (Å²) in [5.74, 6) is -0.324. The van der Waals surface area contributed by atoms with Crippen LogP contribution in [0.25, 0.3) is 17.0 Å². The van der Waals surface area contributed by atoms with Crippen LogP contribution in [-0.4, -0.2) is 32.3 Å². The molecule has 1 aromatic carbocycles. The summed E-state index contributed by atoms with van der Waals surface area (Å²) in [4.78, 5) is 31.0. The minimum Gasteiger partial charge on any atom is -0.462 e. The SMILES string of the molecule is CCOC(=O)c1c[nH]n(-c2nc3ccccc3[nH]2)c1=O.Cl. The Morgan fingerprint density at radius 2 is 2.14 bits per heavy atom. The minimum atomic E-state index is -0.649. The van der Waals surface area contributed by atoms with Gasteiger partial charge in [0.05, 0.1) is 17.6 Å². The molecule has 0 bridgehead atoms. The van der Waals surface area contributed by atoms with Gasteiger partial charge in [-0.05, 0) is 19.1 Å². The maximum atomic E-state index is 12.1. The number of aromatic amines is 2. The highest BCUT2D eigenvalue weighted by Crippen LogP contribution is 2.11. The van der Waals surface area contributed by atoms with Gasteiger partial charge in [0.25, 0.3) is 5.56 Å². The fourth-order valence-corrected chi connectivity index (χ4v) is 1.93. The largest absolute Gasteiger partial charge is 0.462 e. The zero-order chi connectivity index (χ0) is 14.1. The quantitative estimate of drug-likeness (QED) is 0.719. The molecule has 2 aromatic heterocycles. The summed E-state index contributed by atoms with van der Waals surface area (Å²) < 4.78 is 5.99. The van der Waals surface area contributed by atoms with Gasteiger partial charge in [-0.2, -0.15) is 4.68 Å². The monoisotopic (exact) mass is 308 g/mol. The summed E-state index contributed by atoms with van der Waals surface area (Å²) in [6.45, 7) is 1.90. The normalized spacial score (nSPS) is 10.3. The van der Waals surface area contributed by atoms with Crippen LogP contribution in [0.5, 0.6) is 0 Å². The van der Waals surface area contributed by atoms with Crippen molar-refractivity contribution in [1.29, 1.82) is 0 Å². The molecule has 0 radical (unpaired) electrons. The van der Waals surface area contributed by atoms with Gasteiger partial charge in [-0.15, -0.1) is 12.4 Å².